The summed E-state index contributed by atoms with van der Waals surface area (Å²) >= 11 is 9.40. The number of amides is 2. The Balaban J connectivity index is 1.58. The van der Waals surface area contributed by atoms with Crippen LogP contribution in [0, 0.1) is 0 Å². The summed E-state index contributed by atoms with van der Waals surface area (Å²) in [7, 11) is 0. The quantitative estimate of drug-likeness (QED) is 0.455. The van der Waals surface area contributed by atoms with E-state index in [9.17, 15) is 9.59 Å². The Bertz CT molecular complexity index is 1040. The molecule has 0 saturated carbocycles. The molecule has 0 saturated heterocycles. The van der Waals surface area contributed by atoms with Crippen molar-refractivity contribution in [2.24, 2.45) is 0 Å². The number of carbonyl (C=O) groups is 2. The summed E-state index contributed by atoms with van der Waals surface area (Å²) in [5.74, 6) is -0.164. The lowest BCUT2D eigenvalue weighted by Gasteiger charge is -2.15. The van der Waals surface area contributed by atoms with Crippen LogP contribution in [0.4, 0.5) is 5.69 Å². The van der Waals surface area contributed by atoms with Gasteiger partial charge in [0.05, 0.1) is 11.1 Å². The van der Waals surface area contributed by atoms with E-state index in [1.165, 1.54) is 0 Å². The zero-order valence-corrected chi connectivity index (χ0v) is 18.5. The predicted molar refractivity (Wildman–Crippen MR) is 122 cm³/mol. The fraction of sp³-hybridized carbons (Fsp3) is 0.130. The minimum atomic E-state index is -0.357. The molecule has 0 bridgehead atoms. The van der Waals surface area contributed by atoms with E-state index in [2.05, 4.69) is 26.6 Å². The molecule has 2 N–H and O–H groups in total. The minimum absolute atomic E-state index is 0.138. The lowest BCUT2D eigenvalue weighted by atomic mass is 10.1. The summed E-state index contributed by atoms with van der Waals surface area (Å²) in [5.41, 5.74) is 1.97. The second-order valence-electron chi connectivity index (χ2n) is 6.60. The van der Waals surface area contributed by atoms with E-state index < -0.39 is 0 Å². The third-order valence-electron chi connectivity index (χ3n) is 4.31. The molecule has 0 aliphatic heterocycles. The summed E-state index contributed by atoms with van der Waals surface area (Å²) in [4.78, 5) is 24.8. The molecule has 0 radical (unpaired) electrons. The molecule has 30 heavy (non-hydrogen) atoms. The highest BCUT2D eigenvalue weighted by atomic mass is 79.9. The Kier molecular flexibility index (Phi) is 7.49. The molecule has 5 nitrogen and oxygen atoms in total. The van der Waals surface area contributed by atoms with Gasteiger partial charge in [-0.25, -0.2) is 0 Å². The van der Waals surface area contributed by atoms with Crippen LogP contribution in [0.15, 0.2) is 77.3 Å². The van der Waals surface area contributed by atoms with Gasteiger partial charge in [0.2, 0.25) is 0 Å². The van der Waals surface area contributed by atoms with Crippen LogP contribution in [0.5, 0.6) is 5.75 Å². The van der Waals surface area contributed by atoms with Crippen molar-refractivity contribution in [3.8, 4) is 5.75 Å². The summed E-state index contributed by atoms with van der Waals surface area (Å²) in [6.45, 7) is 1.71. The molecule has 1 atom stereocenters. The Labute approximate surface area is 188 Å². The van der Waals surface area contributed by atoms with Crippen molar-refractivity contribution < 1.29 is 14.3 Å². The van der Waals surface area contributed by atoms with E-state index >= 15 is 0 Å². The van der Waals surface area contributed by atoms with Crippen molar-refractivity contribution in [1.82, 2.24) is 5.32 Å². The molecule has 2 amide bonds. The van der Waals surface area contributed by atoms with E-state index in [0.717, 1.165) is 10.0 Å². The summed E-state index contributed by atoms with van der Waals surface area (Å²) in [5, 5.41) is 6.09. The number of carbonyl (C=O) groups excluding carboxylic acids is 2. The van der Waals surface area contributed by atoms with Gasteiger partial charge in [-0.15, -0.1) is 0 Å². The van der Waals surface area contributed by atoms with Gasteiger partial charge in [-0.05, 0) is 48.9 Å². The van der Waals surface area contributed by atoms with Crippen LogP contribution in [0.25, 0.3) is 0 Å². The maximum absolute atomic E-state index is 12.6. The SMILES string of the molecule is CC(NC(=O)c1cccc(NC(=O)COc2ccc(Br)cc2Cl)c1)c1ccccc1. The fourth-order valence-electron chi connectivity index (χ4n) is 2.78. The van der Waals surface area contributed by atoms with Gasteiger partial charge in [-0.1, -0.05) is 63.9 Å². The van der Waals surface area contributed by atoms with Gasteiger partial charge >= 0.3 is 0 Å². The first-order chi connectivity index (χ1) is 14.4. The highest BCUT2D eigenvalue weighted by Gasteiger charge is 2.13. The Hall–Kier alpha value is -2.83. The highest BCUT2D eigenvalue weighted by molar-refractivity contribution is 9.10. The van der Waals surface area contributed by atoms with Crippen molar-refractivity contribution >= 4 is 45.0 Å². The van der Waals surface area contributed by atoms with Crippen molar-refractivity contribution in [3.05, 3.63) is 93.4 Å². The fourth-order valence-corrected chi connectivity index (χ4v) is 3.50. The third kappa shape index (κ3) is 6.08. The lowest BCUT2D eigenvalue weighted by molar-refractivity contribution is -0.118. The van der Waals surface area contributed by atoms with Gasteiger partial charge in [0.25, 0.3) is 11.8 Å². The second kappa shape index (κ2) is 10.3. The maximum Gasteiger partial charge on any atom is 0.262 e. The highest BCUT2D eigenvalue weighted by Crippen LogP contribution is 2.27. The van der Waals surface area contributed by atoms with E-state index in [4.69, 9.17) is 16.3 Å². The van der Waals surface area contributed by atoms with E-state index in [-0.39, 0.29) is 24.5 Å². The first kappa shape index (κ1) is 21.9. The molecule has 7 heteroatoms. The zero-order valence-electron chi connectivity index (χ0n) is 16.2. The Morgan fingerprint density at radius 3 is 2.53 bits per heavy atom. The monoisotopic (exact) mass is 486 g/mol. The molecule has 0 spiro atoms. The third-order valence-corrected chi connectivity index (χ3v) is 5.10. The molecule has 3 rings (SSSR count). The molecule has 0 aliphatic rings. The van der Waals surface area contributed by atoms with Gasteiger partial charge < -0.3 is 15.4 Å². The van der Waals surface area contributed by atoms with Gasteiger partial charge in [-0.3, -0.25) is 9.59 Å². The van der Waals surface area contributed by atoms with Gasteiger partial charge in [0.15, 0.2) is 6.61 Å². The van der Waals surface area contributed by atoms with Crippen LogP contribution >= 0.6 is 27.5 Å². The lowest BCUT2D eigenvalue weighted by Crippen LogP contribution is -2.27. The number of hydrogen-bond donors (Lipinski definition) is 2. The standard InChI is InChI=1S/C23H20BrClN2O3/c1-15(16-6-3-2-4-7-16)26-23(29)17-8-5-9-19(12-17)27-22(28)14-30-21-11-10-18(24)13-20(21)25/h2-13,15H,14H2,1H3,(H,26,29)(H,27,28). The van der Waals surface area contributed by atoms with Crippen LogP contribution < -0.4 is 15.4 Å². The first-order valence-corrected chi connectivity index (χ1v) is 10.4. The summed E-state index contributed by atoms with van der Waals surface area (Å²) in [6, 6.07) is 21.4. The summed E-state index contributed by atoms with van der Waals surface area (Å²) < 4.78 is 6.28. The van der Waals surface area contributed by atoms with E-state index in [1.54, 1.807) is 42.5 Å². The molecule has 0 fully saturated rings. The molecular weight excluding hydrogens is 468 g/mol. The normalized spacial score (nSPS) is 11.4. The number of ether oxygens (including phenoxy) is 1. The van der Waals surface area contributed by atoms with E-state index in [0.29, 0.717) is 22.0 Å². The minimum Gasteiger partial charge on any atom is -0.482 e. The topological polar surface area (TPSA) is 67.4 Å². The molecule has 3 aromatic carbocycles. The van der Waals surface area contributed by atoms with E-state index in [1.807, 2.05) is 37.3 Å². The summed E-state index contributed by atoms with van der Waals surface area (Å²) in [6.07, 6.45) is 0. The number of anilines is 1. The van der Waals surface area contributed by atoms with Crippen molar-refractivity contribution in [3.63, 3.8) is 0 Å². The van der Waals surface area contributed by atoms with Crippen molar-refractivity contribution in [2.75, 3.05) is 11.9 Å². The molecular formula is C23H20BrClN2O3. The molecule has 0 aromatic heterocycles. The smallest absolute Gasteiger partial charge is 0.262 e. The Morgan fingerprint density at radius 2 is 1.80 bits per heavy atom. The van der Waals surface area contributed by atoms with Crippen LogP contribution in [0.2, 0.25) is 5.02 Å². The van der Waals surface area contributed by atoms with Crippen LogP contribution in [0.3, 0.4) is 0 Å². The van der Waals surface area contributed by atoms with Gasteiger partial charge in [-0.2, -0.15) is 0 Å². The number of nitrogens with one attached hydrogen (secondary N) is 2. The number of hydrogen-bond acceptors (Lipinski definition) is 3. The number of halogens is 2. The predicted octanol–water partition coefficient (Wildman–Crippen LogP) is 5.61. The van der Waals surface area contributed by atoms with Crippen LogP contribution in [0.1, 0.15) is 28.9 Å². The Morgan fingerprint density at radius 1 is 1.03 bits per heavy atom. The van der Waals surface area contributed by atoms with Crippen molar-refractivity contribution in [2.45, 2.75) is 13.0 Å². The maximum atomic E-state index is 12.6. The average Bonchev–Trinajstić information content (AvgIpc) is 2.74. The molecule has 0 heterocycles. The van der Waals surface area contributed by atoms with Gasteiger partial charge in [0.1, 0.15) is 5.75 Å². The van der Waals surface area contributed by atoms with Crippen LogP contribution in [-0.4, -0.2) is 18.4 Å². The molecule has 3 aromatic rings. The van der Waals surface area contributed by atoms with Crippen LogP contribution in [-0.2, 0) is 4.79 Å². The number of rotatable bonds is 7. The average molecular weight is 488 g/mol. The zero-order chi connectivity index (χ0) is 21.5. The molecule has 154 valence electrons. The molecule has 0 aliphatic carbocycles. The first-order valence-electron chi connectivity index (χ1n) is 9.26. The second-order valence-corrected chi connectivity index (χ2v) is 7.92. The number of benzene rings is 3. The largest absolute Gasteiger partial charge is 0.482 e. The van der Waals surface area contributed by atoms with Gasteiger partial charge in [0, 0.05) is 15.7 Å². The molecule has 1 unspecified atom stereocenters. The van der Waals surface area contributed by atoms with Crippen molar-refractivity contribution in [1.29, 1.82) is 0 Å².